The van der Waals surface area contributed by atoms with Crippen LogP contribution in [0.4, 0.5) is 0 Å². The van der Waals surface area contributed by atoms with Gasteiger partial charge in [0, 0.05) is 19.7 Å². The zero-order valence-corrected chi connectivity index (χ0v) is 10.00. The quantitative estimate of drug-likeness (QED) is 0.769. The Morgan fingerprint density at radius 3 is 2.69 bits per heavy atom. The van der Waals surface area contributed by atoms with Crippen LogP contribution in [0, 0.1) is 12.3 Å². The molecule has 2 rings (SSSR count). The van der Waals surface area contributed by atoms with Crippen molar-refractivity contribution >= 4 is 0 Å². The summed E-state index contributed by atoms with van der Waals surface area (Å²) in [6.45, 7) is 4.46. The van der Waals surface area contributed by atoms with E-state index in [0.29, 0.717) is 12.0 Å². The fraction of sp³-hybridized carbons (Fsp3) is 0.571. The lowest BCUT2D eigenvalue weighted by Crippen LogP contribution is -2.24. The molecule has 2 nitrogen and oxygen atoms in total. The average Bonchev–Trinajstić information content (AvgIpc) is 3.02. The van der Waals surface area contributed by atoms with Crippen molar-refractivity contribution in [2.75, 3.05) is 13.2 Å². The minimum absolute atomic E-state index is 0.325. The van der Waals surface area contributed by atoms with Crippen LogP contribution >= 0.6 is 0 Å². The molecule has 0 unspecified atom stereocenters. The molecule has 2 N–H and O–H groups in total. The Labute approximate surface area is 97.7 Å². The van der Waals surface area contributed by atoms with E-state index < -0.39 is 0 Å². The Balaban J connectivity index is 1.78. The maximum atomic E-state index is 8.97. The summed E-state index contributed by atoms with van der Waals surface area (Å²) < 4.78 is 0. The SMILES string of the molecule is Cc1ccccc1CNCC1(CCO)CC1. The van der Waals surface area contributed by atoms with E-state index in [1.807, 2.05) is 0 Å². The number of benzene rings is 1. The lowest BCUT2D eigenvalue weighted by Gasteiger charge is -2.15. The molecule has 2 heteroatoms. The van der Waals surface area contributed by atoms with Gasteiger partial charge in [-0.2, -0.15) is 0 Å². The molecule has 0 radical (unpaired) electrons. The summed E-state index contributed by atoms with van der Waals surface area (Å²) >= 11 is 0. The van der Waals surface area contributed by atoms with E-state index in [-0.39, 0.29) is 0 Å². The van der Waals surface area contributed by atoms with Crippen molar-refractivity contribution in [2.45, 2.75) is 32.7 Å². The fourth-order valence-electron chi connectivity index (χ4n) is 2.20. The normalized spacial score (nSPS) is 17.4. The first kappa shape index (κ1) is 11.6. The van der Waals surface area contributed by atoms with Crippen LogP contribution in [0.2, 0.25) is 0 Å². The predicted octanol–water partition coefficient (Wildman–Crippen LogP) is 2.25. The first-order chi connectivity index (χ1) is 7.76. The topological polar surface area (TPSA) is 32.3 Å². The highest BCUT2D eigenvalue weighted by atomic mass is 16.3. The molecule has 1 aromatic rings. The van der Waals surface area contributed by atoms with Crippen LogP contribution in [0.15, 0.2) is 24.3 Å². The molecular weight excluding hydrogens is 198 g/mol. The summed E-state index contributed by atoms with van der Waals surface area (Å²) in [5, 5.41) is 12.5. The van der Waals surface area contributed by atoms with Crippen LogP contribution in [-0.2, 0) is 6.54 Å². The van der Waals surface area contributed by atoms with Gasteiger partial charge in [-0.3, -0.25) is 0 Å². The van der Waals surface area contributed by atoms with E-state index in [1.165, 1.54) is 24.0 Å². The van der Waals surface area contributed by atoms with E-state index in [9.17, 15) is 0 Å². The second-order valence-corrected chi connectivity index (χ2v) is 5.00. The highest BCUT2D eigenvalue weighted by Crippen LogP contribution is 2.47. The van der Waals surface area contributed by atoms with E-state index >= 15 is 0 Å². The Kier molecular flexibility index (Phi) is 3.62. The zero-order chi connectivity index (χ0) is 11.4. The second kappa shape index (κ2) is 4.98. The number of hydrogen-bond donors (Lipinski definition) is 2. The summed E-state index contributed by atoms with van der Waals surface area (Å²) in [4.78, 5) is 0. The highest BCUT2D eigenvalue weighted by molar-refractivity contribution is 5.25. The molecule has 0 spiro atoms. The summed E-state index contributed by atoms with van der Waals surface area (Å²) in [6, 6.07) is 8.49. The van der Waals surface area contributed by atoms with Gasteiger partial charge >= 0.3 is 0 Å². The number of rotatable bonds is 6. The third-order valence-electron chi connectivity index (χ3n) is 3.68. The fourth-order valence-corrected chi connectivity index (χ4v) is 2.20. The van der Waals surface area contributed by atoms with Gasteiger partial charge in [0.2, 0.25) is 0 Å². The predicted molar refractivity (Wildman–Crippen MR) is 66.3 cm³/mol. The van der Waals surface area contributed by atoms with E-state index in [0.717, 1.165) is 19.5 Å². The molecule has 1 saturated carbocycles. The molecule has 0 aliphatic heterocycles. The zero-order valence-electron chi connectivity index (χ0n) is 10.00. The van der Waals surface area contributed by atoms with Crippen LogP contribution < -0.4 is 5.32 Å². The first-order valence-electron chi connectivity index (χ1n) is 6.12. The molecule has 1 fully saturated rings. The number of aryl methyl sites for hydroxylation is 1. The molecule has 1 aromatic carbocycles. The smallest absolute Gasteiger partial charge is 0.0436 e. The maximum absolute atomic E-state index is 8.97. The van der Waals surface area contributed by atoms with Gasteiger partial charge in [-0.25, -0.2) is 0 Å². The minimum atomic E-state index is 0.325. The average molecular weight is 219 g/mol. The van der Waals surface area contributed by atoms with E-state index in [1.54, 1.807) is 0 Å². The van der Waals surface area contributed by atoms with Gasteiger partial charge in [-0.05, 0) is 42.7 Å². The van der Waals surface area contributed by atoms with Crippen molar-refractivity contribution in [3.8, 4) is 0 Å². The van der Waals surface area contributed by atoms with Gasteiger partial charge < -0.3 is 10.4 Å². The third kappa shape index (κ3) is 2.83. The lowest BCUT2D eigenvalue weighted by atomic mass is 10.0. The molecular formula is C14H21NO. The van der Waals surface area contributed by atoms with Gasteiger partial charge in [-0.15, -0.1) is 0 Å². The summed E-state index contributed by atoms with van der Waals surface area (Å²) in [6.07, 6.45) is 3.50. The molecule has 16 heavy (non-hydrogen) atoms. The number of hydrogen-bond acceptors (Lipinski definition) is 2. The van der Waals surface area contributed by atoms with Crippen molar-refractivity contribution in [1.29, 1.82) is 0 Å². The molecule has 1 aliphatic rings. The molecule has 88 valence electrons. The molecule has 0 atom stereocenters. The van der Waals surface area contributed by atoms with Gasteiger partial charge in [0.15, 0.2) is 0 Å². The summed E-state index contributed by atoms with van der Waals surface area (Å²) in [5.74, 6) is 0. The van der Waals surface area contributed by atoms with Crippen molar-refractivity contribution in [3.05, 3.63) is 35.4 Å². The summed E-state index contributed by atoms with van der Waals surface area (Å²) in [5.41, 5.74) is 3.14. The van der Waals surface area contributed by atoms with Crippen molar-refractivity contribution in [3.63, 3.8) is 0 Å². The highest BCUT2D eigenvalue weighted by Gasteiger charge is 2.41. The van der Waals surface area contributed by atoms with Gasteiger partial charge in [0.05, 0.1) is 0 Å². The Bertz CT molecular complexity index is 344. The van der Waals surface area contributed by atoms with Crippen molar-refractivity contribution in [1.82, 2.24) is 5.32 Å². The molecule has 0 aromatic heterocycles. The van der Waals surface area contributed by atoms with E-state index in [2.05, 4.69) is 36.5 Å². The van der Waals surface area contributed by atoms with Crippen LogP contribution in [-0.4, -0.2) is 18.3 Å². The van der Waals surface area contributed by atoms with Gasteiger partial charge in [-0.1, -0.05) is 24.3 Å². The number of aliphatic hydroxyl groups excluding tert-OH is 1. The van der Waals surface area contributed by atoms with Crippen LogP contribution in [0.3, 0.4) is 0 Å². The molecule has 0 saturated heterocycles. The second-order valence-electron chi connectivity index (χ2n) is 5.00. The third-order valence-corrected chi connectivity index (χ3v) is 3.68. The van der Waals surface area contributed by atoms with Crippen LogP contribution in [0.25, 0.3) is 0 Å². The van der Waals surface area contributed by atoms with Crippen LogP contribution in [0.5, 0.6) is 0 Å². The minimum Gasteiger partial charge on any atom is -0.396 e. The van der Waals surface area contributed by atoms with E-state index in [4.69, 9.17) is 5.11 Å². The first-order valence-corrected chi connectivity index (χ1v) is 6.12. The van der Waals surface area contributed by atoms with Crippen molar-refractivity contribution < 1.29 is 5.11 Å². The lowest BCUT2D eigenvalue weighted by molar-refractivity contribution is 0.245. The number of aliphatic hydroxyl groups is 1. The molecule has 0 heterocycles. The maximum Gasteiger partial charge on any atom is 0.0436 e. The molecule has 1 aliphatic carbocycles. The Morgan fingerprint density at radius 2 is 2.06 bits per heavy atom. The van der Waals surface area contributed by atoms with Gasteiger partial charge in [0.1, 0.15) is 0 Å². The van der Waals surface area contributed by atoms with Crippen molar-refractivity contribution in [2.24, 2.45) is 5.41 Å². The summed E-state index contributed by atoms with van der Waals surface area (Å²) in [7, 11) is 0. The Morgan fingerprint density at radius 1 is 1.31 bits per heavy atom. The molecule has 0 bridgehead atoms. The standard InChI is InChI=1S/C14H21NO/c1-12-4-2-3-5-13(12)10-15-11-14(6-7-14)8-9-16/h2-5,15-16H,6-11H2,1H3. The number of nitrogens with one attached hydrogen (secondary N) is 1. The van der Waals surface area contributed by atoms with Gasteiger partial charge in [0.25, 0.3) is 0 Å². The Hall–Kier alpha value is -0.860. The van der Waals surface area contributed by atoms with Crippen LogP contribution in [0.1, 0.15) is 30.4 Å². The largest absolute Gasteiger partial charge is 0.396 e. The molecule has 0 amide bonds. The monoisotopic (exact) mass is 219 g/mol.